The summed E-state index contributed by atoms with van der Waals surface area (Å²) in [5, 5.41) is 5.85. The number of rotatable bonds is 3. The molecule has 0 fully saturated rings. The molecule has 0 radical (unpaired) electrons. The zero-order chi connectivity index (χ0) is 16.6. The summed E-state index contributed by atoms with van der Waals surface area (Å²) >= 11 is 0. The van der Waals surface area contributed by atoms with Crippen molar-refractivity contribution in [1.29, 1.82) is 0 Å². The van der Waals surface area contributed by atoms with Crippen LogP contribution in [0.3, 0.4) is 0 Å². The van der Waals surface area contributed by atoms with Crippen LogP contribution in [0.15, 0.2) is 76.8 Å². The quantitative estimate of drug-likeness (QED) is 0.687. The van der Waals surface area contributed by atoms with Crippen molar-refractivity contribution in [2.75, 3.05) is 6.61 Å². The number of ether oxygens (including phenoxy) is 1. The summed E-state index contributed by atoms with van der Waals surface area (Å²) in [6.07, 6.45) is 0. The lowest BCUT2D eigenvalue weighted by Crippen LogP contribution is -2.08. The molecular weight excluding hydrogens is 326 g/mol. The summed E-state index contributed by atoms with van der Waals surface area (Å²) in [7, 11) is -3.95. The Morgan fingerprint density at radius 2 is 1.67 bits per heavy atom. The second kappa shape index (κ2) is 5.65. The third-order valence-electron chi connectivity index (χ3n) is 3.82. The minimum Gasteiger partial charge on any atom is -0.486 e. The van der Waals surface area contributed by atoms with Crippen molar-refractivity contribution in [2.45, 2.75) is 4.90 Å². The van der Waals surface area contributed by atoms with Gasteiger partial charge in [-0.3, -0.25) is 4.28 Å². The molecular formula is C18H13NO4S. The van der Waals surface area contributed by atoms with Crippen LogP contribution in [0.4, 0.5) is 0 Å². The lowest BCUT2D eigenvalue weighted by molar-refractivity contribution is 0.332. The molecule has 3 aromatic carbocycles. The van der Waals surface area contributed by atoms with E-state index in [1.165, 1.54) is 12.1 Å². The maximum atomic E-state index is 12.2. The minimum atomic E-state index is -3.95. The summed E-state index contributed by atoms with van der Waals surface area (Å²) in [6, 6.07) is 19.5. The molecule has 0 aliphatic carbocycles. The largest absolute Gasteiger partial charge is 0.486 e. The van der Waals surface area contributed by atoms with Gasteiger partial charge < -0.3 is 4.74 Å². The van der Waals surface area contributed by atoms with E-state index < -0.39 is 10.1 Å². The number of hydrogen-bond acceptors (Lipinski definition) is 5. The lowest BCUT2D eigenvalue weighted by atomic mass is 10.0. The molecule has 1 aliphatic heterocycles. The molecule has 0 aromatic heterocycles. The highest BCUT2D eigenvalue weighted by Crippen LogP contribution is 2.33. The Kier molecular flexibility index (Phi) is 3.46. The monoisotopic (exact) mass is 339 g/mol. The molecule has 0 atom stereocenters. The van der Waals surface area contributed by atoms with Crippen LogP contribution in [0.2, 0.25) is 0 Å². The highest BCUT2D eigenvalue weighted by atomic mass is 32.2. The maximum absolute atomic E-state index is 12.2. The maximum Gasteiger partial charge on any atom is 0.358 e. The van der Waals surface area contributed by atoms with Gasteiger partial charge in [0.25, 0.3) is 0 Å². The summed E-state index contributed by atoms with van der Waals surface area (Å²) in [4.78, 5) is 0.0615. The van der Waals surface area contributed by atoms with Crippen molar-refractivity contribution < 1.29 is 17.4 Å². The molecule has 6 heteroatoms. The Hall–Kier alpha value is -2.86. The molecule has 120 valence electrons. The fraction of sp³-hybridized carbons (Fsp3) is 0.0556. The van der Waals surface area contributed by atoms with Crippen molar-refractivity contribution in [3.63, 3.8) is 0 Å². The number of benzene rings is 3. The van der Waals surface area contributed by atoms with E-state index in [9.17, 15) is 8.42 Å². The summed E-state index contributed by atoms with van der Waals surface area (Å²) in [5.74, 6) is 0.674. The average molecular weight is 339 g/mol. The van der Waals surface area contributed by atoms with Crippen LogP contribution in [0, 0.1) is 0 Å². The predicted octanol–water partition coefficient (Wildman–Crippen LogP) is 3.34. The first-order valence-corrected chi connectivity index (χ1v) is 8.76. The second-order valence-electron chi connectivity index (χ2n) is 5.33. The number of oxime groups is 1. The first-order valence-electron chi connectivity index (χ1n) is 7.36. The summed E-state index contributed by atoms with van der Waals surface area (Å²) in [5.41, 5.74) is 1.23. The third-order valence-corrected chi connectivity index (χ3v) is 4.94. The molecule has 24 heavy (non-hydrogen) atoms. The van der Waals surface area contributed by atoms with Crippen LogP contribution >= 0.6 is 0 Å². The van der Waals surface area contributed by atoms with E-state index in [1.807, 2.05) is 36.4 Å². The molecule has 5 nitrogen and oxygen atoms in total. The molecule has 1 aliphatic rings. The lowest BCUT2D eigenvalue weighted by Gasteiger charge is -2.04. The van der Waals surface area contributed by atoms with Gasteiger partial charge in [0.05, 0.1) is 5.56 Å². The Balaban J connectivity index is 1.73. The SMILES string of the molecule is O=S(=O)(O/N=C1\COc2ccc3ccccc3c21)c1ccccc1. The van der Waals surface area contributed by atoms with Crippen molar-refractivity contribution >= 4 is 26.6 Å². The van der Waals surface area contributed by atoms with Crippen LogP contribution < -0.4 is 4.74 Å². The number of hydrogen-bond donors (Lipinski definition) is 0. The van der Waals surface area contributed by atoms with Gasteiger partial charge in [-0.2, -0.15) is 8.42 Å². The third kappa shape index (κ3) is 2.51. The highest BCUT2D eigenvalue weighted by molar-refractivity contribution is 7.86. The molecule has 0 unspecified atom stereocenters. The van der Waals surface area contributed by atoms with E-state index in [-0.39, 0.29) is 11.5 Å². The van der Waals surface area contributed by atoms with E-state index in [2.05, 4.69) is 5.16 Å². The van der Waals surface area contributed by atoms with Crippen LogP contribution in [0.5, 0.6) is 5.75 Å². The van der Waals surface area contributed by atoms with E-state index in [0.29, 0.717) is 11.5 Å². The van der Waals surface area contributed by atoms with Gasteiger partial charge in [0, 0.05) is 0 Å². The minimum absolute atomic E-state index is 0.0615. The smallest absolute Gasteiger partial charge is 0.358 e. The molecule has 0 bridgehead atoms. The van der Waals surface area contributed by atoms with Gasteiger partial charge >= 0.3 is 10.1 Å². The van der Waals surface area contributed by atoms with Crippen LogP contribution in [-0.2, 0) is 14.4 Å². The summed E-state index contributed by atoms with van der Waals surface area (Å²) < 4.78 is 34.9. The zero-order valence-corrected chi connectivity index (χ0v) is 13.4. The van der Waals surface area contributed by atoms with E-state index in [1.54, 1.807) is 18.2 Å². The molecule has 0 saturated carbocycles. The van der Waals surface area contributed by atoms with Crippen LogP contribution in [-0.4, -0.2) is 20.7 Å². The number of fused-ring (bicyclic) bond motifs is 3. The standard InChI is InChI=1S/C18H13NO4S/c20-24(21,14-7-2-1-3-8-14)23-19-16-12-22-17-11-10-13-6-4-5-9-15(13)18(16)17/h1-11H,12H2/b19-16+. The molecule has 3 aromatic rings. The summed E-state index contributed by atoms with van der Waals surface area (Å²) in [6.45, 7) is 0.174. The molecule has 1 heterocycles. The van der Waals surface area contributed by atoms with Gasteiger partial charge in [-0.25, -0.2) is 0 Å². The van der Waals surface area contributed by atoms with E-state index >= 15 is 0 Å². The van der Waals surface area contributed by atoms with Crippen molar-refractivity contribution in [3.8, 4) is 5.75 Å². The Morgan fingerprint density at radius 1 is 0.917 bits per heavy atom. The zero-order valence-electron chi connectivity index (χ0n) is 12.5. The topological polar surface area (TPSA) is 65.0 Å². The first-order chi connectivity index (χ1) is 11.6. The Morgan fingerprint density at radius 3 is 2.50 bits per heavy atom. The van der Waals surface area contributed by atoms with Crippen molar-refractivity contribution in [1.82, 2.24) is 0 Å². The van der Waals surface area contributed by atoms with Gasteiger partial charge in [-0.05, 0) is 29.0 Å². The van der Waals surface area contributed by atoms with Crippen LogP contribution in [0.1, 0.15) is 5.56 Å². The van der Waals surface area contributed by atoms with Gasteiger partial charge in [-0.15, -0.1) is 0 Å². The first kappa shape index (κ1) is 14.7. The van der Waals surface area contributed by atoms with Gasteiger partial charge in [0.15, 0.2) is 0 Å². The fourth-order valence-corrected chi connectivity index (χ4v) is 3.45. The van der Waals surface area contributed by atoms with E-state index in [4.69, 9.17) is 9.02 Å². The number of nitrogens with zero attached hydrogens (tertiary/aromatic N) is 1. The van der Waals surface area contributed by atoms with Gasteiger partial charge in [0.2, 0.25) is 0 Å². The van der Waals surface area contributed by atoms with Crippen LogP contribution in [0.25, 0.3) is 10.8 Å². The van der Waals surface area contributed by atoms with E-state index in [0.717, 1.165) is 16.3 Å². The van der Waals surface area contributed by atoms with Gasteiger partial charge in [0.1, 0.15) is 23.0 Å². The highest BCUT2D eigenvalue weighted by Gasteiger charge is 2.24. The second-order valence-corrected chi connectivity index (χ2v) is 6.86. The molecule has 0 saturated heterocycles. The molecule has 4 rings (SSSR count). The Labute approximate surface area is 139 Å². The fourth-order valence-electron chi connectivity index (χ4n) is 2.68. The van der Waals surface area contributed by atoms with Crippen molar-refractivity contribution in [2.24, 2.45) is 5.16 Å². The van der Waals surface area contributed by atoms with Gasteiger partial charge in [-0.1, -0.05) is 53.7 Å². The molecule has 0 N–H and O–H groups in total. The average Bonchev–Trinajstić information content (AvgIpc) is 3.04. The normalized spacial score (nSPS) is 15.2. The molecule has 0 spiro atoms. The predicted molar refractivity (Wildman–Crippen MR) is 90.7 cm³/mol. The molecule has 0 amide bonds. The Bertz CT molecular complexity index is 1040. The van der Waals surface area contributed by atoms with Crippen molar-refractivity contribution in [3.05, 3.63) is 72.3 Å².